The van der Waals surface area contributed by atoms with Crippen LogP contribution in [0.2, 0.25) is 0 Å². The molecule has 116 valence electrons. The molecule has 1 aliphatic heterocycles. The van der Waals surface area contributed by atoms with Gasteiger partial charge in [-0.05, 0) is 39.0 Å². The first-order valence-electron chi connectivity index (χ1n) is 7.21. The summed E-state index contributed by atoms with van der Waals surface area (Å²) in [7, 11) is 2.06. The molecule has 0 radical (unpaired) electrons. The van der Waals surface area contributed by atoms with Crippen molar-refractivity contribution in [1.29, 1.82) is 0 Å². The van der Waals surface area contributed by atoms with E-state index >= 15 is 0 Å². The summed E-state index contributed by atoms with van der Waals surface area (Å²) in [5.41, 5.74) is 0.192. The number of benzene rings is 1. The van der Waals surface area contributed by atoms with Crippen molar-refractivity contribution in [2.75, 3.05) is 26.7 Å². The molecule has 1 aromatic rings. The summed E-state index contributed by atoms with van der Waals surface area (Å²) in [6.07, 6.45) is 0.786. The minimum atomic E-state index is -1.05. The summed E-state index contributed by atoms with van der Waals surface area (Å²) in [4.78, 5) is 14.0. The SMILES string of the molecule is CN1CCC(NC(=O)NCC(O)c2ccccc2F)CC1. The summed E-state index contributed by atoms with van der Waals surface area (Å²) in [6.45, 7) is 1.91. The number of carbonyl (C=O) groups is 1. The van der Waals surface area contributed by atoms with Crippen LogP contribution in [0.1, 0.15) is 24.5 Å². The summed E-state index contributed by atoms with van der Waals surface area (Å²) >= 11 is 0. The van der Waals surface area contributed by atoms with E-state index in [2.05, 4.69) is 22.6 Å². The van der Waals surface area contributed by atoms with E-state index in [-0.39, 0.29) is 24.2 Å². The minimum Gasteiger partial charge on any atom is -0.386 e. The molecular formula is C15H22FN3O2. The standard InChI is InChI=1S/C15H22FN3O2/c1-19-8-6-11(7-9-19)18-15(21)17-10-14(20)12-4-2-3-5-13(12)16/h2-5,11,14,20H,6-10H2,1H3,(H2,17,18,21). The quantitative estimate of drug-likeness (QED) is 0.783. The lowest BCUT2D eigenvalue weighted by Gasteiger charge is -2.29. The van der Waals surface area contributed by atoms with Crippen molar-refractivity contribution >= 4 is 6.03 Å². The van der Waals surface area contributed by atoms with E-state index < -0.39 is 11.9 Å². The van der Waals surface area contributed by atoms with Crippen LogP contribution < -0.4 is 10.6 Å². The van der Waals surface area contributed by atoms with Gasteiger partial charge in [0.25, 0.3) is 0 Å². The molecule has 1 aromatic carbocycles. The zero-order chi connectivity index (χ0) is 15.2. The van der Waals surface area contributed by atoms with Gasteiger partial charge in [0.1, 0.15) is 5.82 Å². The number of likely N-dealkylation sites (tertiary alicyclic amines) is 1. The fourth-order valence-electron chi connectivity index (χ4n) is 2.43. The van der Waals surface area contributed by atoms with Gasteiger partial charge in [-0.2, -0.15) is 0 Å². The highest BCUT2D eigenvalue weighted by Gasteiger charge is 2.19. The van der Waals surface area contributed by atoms with Gasteiger partial charge in [-0.25, -0.2) is 9.18 Å². The zero-order valence-corrected chi connectivity index (χ0v) is 12.2. The number of nitrogens with zero attached hydrogens (tertiary/aromatic N) is 1. The van der Waals surface area contributed by atoms with E-state index in [1.165, 1.54) is 12.1 Å². The smallest absolute Gasteiger partial charge is 0.315 e. The molecule has 5 nitrogen and oxygen atoms in total. The van der Waals surface area contributed by atoms with E-state index in [0.717, 1.165) is 25.9 Å². The summed E-state index contributed by atoms with van der Waals surface area (Å²) in [6, 6.07) is 5.85. The Kier molecular flexibility index (Phi) is 5.52. The highest BCUT2D eigenvalue weighted by Crippen LogP contribution is 2.15. The van der Waals surface area contributed by atoms with Crippen molar-refractivity contribution in [1.82, 2.24) is 15.5 Å². The number of carbonyl (C=O) groups excluding carboxylic acids is 1. The van der Waals surface area contributed by atoms with Crippen LogP contribution >= 0.6 is 0 Å². The van der Waals surface area contributed by atoms with Crippen LogP contribution in [0.4, 0.5) is 9.18 Å². The van der Waals surface area contributed by atoms with Gasteiger partial charge in [-0.3, -0.25) is 0 Å². The van der Waals surface area contributed by atoms with Crippen molar-refractivity contribution in [2.24, 2.45) is 0 Å². The maximum atomic E-state index is 13.5. The third-order valence-corrected chi connectivity index (χ3v) is 3.77. The van der Waals surface area contributed by atoms with Crippen LogP contribution in [0.5, 0.6) is 0 Å². The van der Waals surface area contributed by atoms with Gasteiger partial charge < -0.3 is 20.6 Å². The number of aliphatic hydroxyl groups excluding tert-OH is 1. The Morgan fingerprint density at radius 1 is 1.43 bits per heavy atom. The Hall–Kier alpha value is -1.66. The predicted molar refractivity (Wildman–Crippen MR) is 78.4 cm³/mol. The fraction of sp³-hybridized carbons (Fsp3) is 0.533. The van der Waals surface area contributed by atoms with Crippen LogP contribution in [-0.4, -0.2) is 48.8 Å². The van der Waals surface area contributed by atoms with Crippen LogP contribution in [0, 0.1) is 5.82 Å². The largest absolute Gasteiger partial charge is 0.386 e. The second kappa shape index (κ2) is 7.38. The molecule has 1 unspecified atom stereocenters. The van der Waals surface area contributed by atoms with Crippen molar-refractivity contribution in [3.8, 4) is 0 Å². The number of hydrogen-bond donors (Lipinski definition) is 3. The van der Waals surface area contributed by atoms with E-state index in [1.54, 1.807) is 12.1 Å². The summed E-state index contributed by atoms with van der Waals surface area (Å²) < 4.78 is 13.5. The normalized spacial score (nSPS) is 18.2. The molecule has 3 N–H and O–H groups in total. The van der Waals surface area contributed by atoms with E-state index in [9.17, 15) is 14.3 Å². The number of nitrogens with one attached hydrogen (secondary N) is 2. The molecule has 1 aliphatic rings. The number of hydrogen-bond acceptors (Lipinski definition) is 3. The Bertz CT molecular complexity index is 476. The number of piperidine rings is 1. The molecule has 0 saturated carbocycles. The lowest BCUT2D eigenvalue weighted by molar-refractivity contribution is 0.166. The van der Waals surface area contributed by atoms with Crippen molar-refractivity contribution in [2.45, 2.75) is 25.0 Å². The first-order valence-corrected chi connectivity index (χ1v) is 7.21. The van der Waals surface area contributed by atoms with Crippen LogP contribution in [0.25, 0.3) is 0 Å². The molecule has 1 atom stereocenters. The number of halogens is 1. The van der Waals surface area contributed by atoms with Gasteiger partial charge >= 0.3 is 6.03 Å². The lowest BCUT2D eigenvalue weighted by atomic mass is 10.1. The topological polar surface area (TPSA) is 64.6 Å². The number of aliphatic hydroxyl groups is 1. The molecule has 2 amide bonds. The van der Waals surface area contributed by atoms with Crippen LogP contribution in [0.15, 0.2) is 24.3 Å². The molecule has 0 aliphatic carbocycles. The highest BCUT2D eigenvalue weighted by molar-refractivity contribution is 5.74. The number of amides is 2. The maximum absolute atomic E-state index is 13.5. The minimum absolute atomic E-state index is 0.0145. The van der Waals surface area contributed by atoms with Gasteiger partial charge in [0, 0.05) is 18.2 Å². The Balaban J connectivity index is 1.75. The Morgan fingerprint density at radius 3 is 2.76 bits per heavy atom. The average Bonchev–Trinajstić information content (AvgIpc) is 2.48. The van der Waals surface area contributed by atoms with Crippen molar-refractivity contribution < 1.29 is 14.3 Å². The fourth-order valence-corrected chi connectivity index (χ4v) is 2.43. The monoisotopic (exact) mass is 295 g/mol. The summed E-state index contributed by atoms with van der Waals surface area (Å²) in [5, 5.41) is 15.4. The van der Waals surface area contributed by atoms with Gasteiger partial charge in [0.15, 0.2) is 0 Å². The molecule has 1 fully saturated rings. The Morgan fingerprint density at radius 2 is 2.10 bits per heavy atom. The first kappa shape index (κ1) is 15.7. The third-order valence-electron chi connectivity index (χ3n) is 3.77. The molecular weight excluding hydrogens is 273 g/mol. The van der Waals surface area contributed by atoms with E-state index in [4.69, 9.17) is 0 Å². The van der Waals surface area contributed by atoms with E-state index in [0.29, 0.717) is 0 Å². The molecule has 1 heterocycles. The number of urea groups is 1. The van der Waals surface area contributed by atoms with Gasteiger partial charge in [-0.15, -0.1) is 0 Å². The molecule has 6 heteroatoms. The number of rotatable bonds is 4. The first-order chi connectivity index (χ1) is 10.1. The molecule has 2 rings (SSSR count). The zero-order valence-electron chi connectivity index (χ0n) is 12.2. The highest BCUT2D eigenvalue weighted by atomic mass is 19.1. The average molecular weight is 295 g/mol. The third kappa shape index (κ3) is 4.68. The van der Waals surface area contributed by atoms with Crippen LogP contribution in [0.3, 0.4) is 0 Å². The van der Waals surface area contributed by atoms with Crippen LogP contribution in [-0.2, 0) is 0 Å². The molecule has 1 saturated heterocycles. The Labute approximate surface area is 124 Å². The maximum Gasteiger partial charge on any atom is 0.315 e. The molecule has 0 aromatic heterocycles. The van der Waals surface area contributed by atoms with Gasteiger partial charge in [0.05, 0.1) is 6.10 Å². The van der Waals surface area contributed by atoms with Crippen molar-refractivity contribution in [3.05, 3.63) is 35.6 Å². The van der Waals surface area contributed by atoms with Gasteiger partial charge in [0.2, 0.25) is 0 Å². The van der Waals surface area contributed by atoms with E-state index in [1.807, 2.05) is 0 Å². The molecule has 0 bridgehead atoms. The van der Waals surface area contributed by atoms with Gasteiger partial charge in [-0.1, -0.05) is 18.2 Å². The molecule has 21 heavy (non-hydrogen) atoms. The second-order valence-electron chi connectivity index (χ2n) is 5.47. The predicted octanol–water partition coefficient (Wildman–Crippen LogP) is 1.25. The lowest BCUT2D eigenvalue weighted by Crippen LogP contribution is -2.47. The second-order valence-corrected chi connectivity index (χ2v) is 5.47. The van der Waals surface area contributed by atoms with Crippen molar-refractivity contribution in [3.63, 3.8) is 0 Å². The summed E-state index contributed by atoms with van der Waals surface area (Å²) in [5.74, 6) is -0.470. The molecule has 0 spiro atoms.